The molecule has 0 aliphatic heterocycles. The Labute approximate surface area is 151 Å². The van der Waals surface area contributed by atoms with Gasteiger partial charge in [-0.15, -0.1) is 11.3 Å². The fraction of sp³-hybridized carbons (Fsp3) is 0.857. The van der Waals surface area contributed by atoms with E-state index >= 15 is 0 Å². The van der Waals surface area contributed by atoms with Gasteiger partial charge in [-0.2, -0.15) is 0 Å². The van der Waals surface area contributed by atoms with E-state index in [-0.39, 0.29) is 0 Å². The summed E-state index contributed by atoms with van der Waals surface area (Å²) in [6.07, 6.45) is 6.32. The van der Waals surface area contributed by atoms with E-state index in [2.05, 4.69) is 55.4 Å². The van der Waals surface area contributed by atoms with E-state index < -0.39 is 0 Å². The van der Waals surface area contributed by atoms with Gasteiger partial charge in [-0.1, -0.05) is 82.1 Å². The van der Waals surface area contributed by atoms with Gasteiger partial charge in [0, 0.05) is 10.8 Å². The van der Waals surface area contributed by atoms with Crippen LogP contribution in [0.3, 0.4) is 0 Å². The van der Waals surface area contributed by atoms with Gasteiger partial charge in [-0.3, -0.25) is 0 Å². The van der Waals surface area contributed by atoms with Gasteiger partial charge < -0.3 is 0 Å². The minimum Gasteiger partial charge on any atom is -0.246 e. The molecule has 2 rings (SSSR count). The zero-order valence-corrected chi connectivity index (χ0v) is 18.4. The number of thiazole rings is 1. The smallest absolute Gasteiger partial charge is 0.0956 e. The molecule has 1 heterocycles. The highest BCUT2D eigenvalue weighted by Crippen LogP contribution is 2.35. The molecule has 0 amide bonds. The quantitative estimate of drug-likeness (QED) is 0.533. The first-order valence-electron chi connectivity index (χ1n) is 9.89. The third kappa shape index (κ3) is 10.2. The Morgan fingerprint density at radius 3 is 1.87 bits per heavy atom. The standard InChI is InChI=1S/C13H21NS.2C3H8.C2H6/c1-8(2)10-5-6-11-12(7-10)15-13(14-11)9(3)4;2*1-3-2;1-2/h8-10H,5-7H2,1-4H3;2*3H2,1-2H3;1-2H3. The van der Waals surface area contributed by atoms with Crippen molar-refractivity contribution in [2.24, 2.45) is 11.8 Å². The number of aromatic nitrogens is 1. The molecule has 1 aromatic rings. The zero-order valence-electron chi connectivity index (χ0n) is 17.6. The van der Waals surface area contributed by atoms with Crippen molar-refractivity contribution in [3.8, 4) is 0 Å². The van der Waals surface area contributed by atoms with Crippen LogP contribution in [-0.4, -0.2) is 4.98 Å². The van der Waals surface area contributed by atoms with Crippen LogP contribution in [0.25, 0.3) is 0 Å². The van der Waals surface area contributed by atoms with E-state index in [1.54, 1.807) is 4.88 Å². The average molecular weight is 342 g/mol. The first kappa shape index (κ1) is 24.9. The SMILES string of the molecule is CC.CC(C)c1nc2c(s1)CC(C(C)C)CC2.CCC.CCC. The van der Waals surface area contributed by atoms with Crippen molar-refractivity contribution in [2.75, 3.05) is 0 Å². The van der Waals surface area contributed by atoms with Crippen LogP contribution in [0, 0.1) is 11.8 Å². The molecule has 1 unspecified atom stereocenters. The van der Waals surface area contributed by atoms with Crippen LogP contribution in [0.2, 0.25) is 0 Å². The molecular weight excluding hydrogens is 298 g/mol. The predicted molar refractivity (Wildman–Crippen MR) is 110 cm³/mol. The van der Waals surface area contributed by atoms with Crippen LogP contribution in [0.15, 0.2) is 0 Å². The normalized spacial score (nSPS) is 15.6. The summed E-state index contributed by atoms with van der Waals surface area (Å²) in [5, 5.41) is 1.34. The molecule has 0 aromatic carbocycles. The fourth-order valence-electron chi connectivity index (χ4n) is 2.24. The lowest BCUT2D eigenvalue weighted by Crippen LogP contribution is -2.17. The highest BCUT2D eigenvalue weighted by molar-refractivity contribution is 7.11. The van der Waals surface area contributed by atoms with E-state index in [1.165, 1.54) is 42.8 Å². The summed E-state index contributed by atoms with van der Waals surface area (Å²) in [6, 6.07) is 0. The van der Waals surface area contributed by atoms with Crippen molar-refractivity contribution in [1.82, 2.24) is 4.98 Å². The second-order valence-electron chi connectivity index (χ2n) is 6.74. The predicted octanol–water partition coefficient (Wildman–Crippen LogP) is 7.89. The van der Waals surface area contributed by atoms with Gasteiger partial charge in [0.1, 0.15) is 0 Å². The Hall–Kier alpha value is -0.370. The van der Waals surface area contributed by atoms with E-state index in [1.807, 2.05) is 25.2 Å². The third-order valence-electron chi connectivity index (χ3n) is 3.43. The van der Waals surface area contributed by atoms with Gasteiger partial charge in [-0.05, 0) is 31.1 Å². The number of hydrogen-bond donors (Lipinski definition) is 0. The summed E-state index contributed by atoms with van der Waals surface area (Å²) in [5.74, 6) is 2.30. The summed E-state index contributed by atoms with van der Waals surface area (Å²) < 4.78 is 0. The fourth-order valence-corrected chi connectivity index (χ4v) is 3.44. The molecule has 2 heteroatoms. The van der Waals surface area contributed by atoms with E-state index in [0.29, 0.717) is 5.92 Å². The third-order valence-corrected chi connectivity index (χ3v) is 4.85. The number of rotatable bonds is 2. The first-order chi connectivity index (χ1) is 10.9. The van der Waals surface area contributed by atoms with Crippen molar-refractivity contribution in [3.63, 3.8) is 0 Å². The van der Waals surface area contributed by atoms with Gasteiger partial charge >= 0.3 is 0 Å². The number of aryl methyl sites for hydroxylation is 1. The van der Waals surface area contributed by atoms with Gasteiger partial charge in [0.15, 0.2) is 0 Å². The molecule has 0 saturated carbocycles. The monoisotopic (exact) mass is 341 g/mol. The van der Waals surface area contributed by atoms with Crippen molar-refractivity contribution in [1.29, 1.82) is 0 Å². The summed E-state index contributed by atoms with van der Waals surface area (Å²) in [6.45, 7) is 21.7. The minimum absolute atomic E-state index is 0.595. The maximum Gasteiger partial charge on any atom is 0.0956 e. The van der Waals surface area contributed by atoms with Crippen LogP contribution in [0.1, 0.15) is 110 Å². The number of fused-ring (bicyclic) bond motifs is 1. The van der Waals surface area contributed by atoms with Crippen molar-refractivity contribution in [2.45, 2.75) is 107 Å². The topological polar surface area (TPSA) is 12.9 Å². The lowest BCUT2D eigenvalue weighted by atomic mass is 9.83. The van der Waals surface area contributed by atoms with E-state index in [4.69, 9.17) is 4.98 Å². The van der Waals surface area contributed by atoms with Gasteiger partial charge in [0.05, 0.1) is 10.7 Å². The average Bonchev–Trinajstić information content (AvgIpc) is 2.94. The Morgan fingerprint density at radius 1 is 1.00 bits per heavy atom. The number of hydrogen-bond acceptors (Lipinski definition) is 2. The Kier molecular flexibility index (Phi) is 16.4. The van der Waals surface area contributed by atoms with Crippen LogP contribution in [0.4, 0.5) is 0 Å². The minimum atomic E-state index is 0.595. The maximum atomic E-state index is 4.76. The van der Waals surface area contributed by atoms with Crippen LogP contribution in [-0.2, 0) is 12.8 Å². The second-order valence-corrected chi connectivity index (χ2v) is 7.85. The molecule has 0 spiro atoms. The molecule has 0 saturated heterocycles. The summed E-state index contributed by atoms with van der Waals surface area (Å²) in [4.78, 5) is 6.34. The highest BCUT2D eigenvalue weighted by atomic mass is 32.1. The van der Waals surface area contributed by atoms with Crippen molar-refractivity contribution in [3.05, 3.63) is 15.6 Å². The van der Waals surface area contributed by atoms with Gasteiger partial charge in [-0.25, -0.2) is 4.98 Å². The van der Waals surface area contributed by atoms with Crippen molar-refractivity contribution < 1.29 is 0 Å². The zero-order chi connectivity index (χ0) is 18.4. The lowest BCUT2D eigenvalue weighted by Gasteiger charge is -2.24. The highest BCUT2D eigenvalue weighted by Gasteiger charge is 2.24. The van der Waals surface area contributed by atoms with Gasteiger partial charge in [0.25, 0.3) is 0 Å². The van der Waals surface area contributed by atoms with Crippen LogP contribution >= 0.6 is 11.3 Å². The van der Waals surface area contributed by atoms with Gasteiger partial charge in [0.2, 0.25) is 0 Å². The summed E-state index contributed by atoms with van der Waals surface area (Å²) >= 11 is 1.95. The molecule has 0 fully saturated rings. The second kappa shape index (κ2) is 15.2. The molecular formula is C21H43NS. The molecule has 1 aliphatic carbocycles. The molecule has 1 nitrogen and oxygen atoms in total. The van der Waals surface area contributed by atoms with E-state index in [9.17, 15) is 0 Å². The largest absolute Gasteiger partial charge is 0.246 e. The lowest BCUT2D eigenvalue weighted by molar-refractivity contribution is 0.344. The Morgan fingerprint density at radius 2 is 1.48 bits per heavy atom. The number of nitrogens with zero attached hydrogens (tertiary/aromatic N) is 1. The molecule has 0 radical (unpaired) electrons. The maximum absolute atomic E-state index is 4.76. The summed E-state index contributed by atoms with van der Waals surface area (Å²) in [5.41, 5.74) is 1.40. The molecule has 1 atom stereocenters. The van der Waals surface area contributed by atoms with E-state index in [0.717, 1.165) is 11.8 Å². The Balaban J connectivity index is 0. The van der Waals surface area contributed by atoms with Crippen LogP contribution in [0.5, 0.6) is 0 Å². The molecule has 23 heavy (non-hydrogen) atoms. The molecule has 138 valence electrons. The molecule has 0 bridgehead atoms. The first-order valence-corrected chi connectivity index (χ1v) is 10.7. The molecule has 0 N–H and O–H groups in total. The summed E-state index contributed by atoms with van der Waals surface area (Å²) in [7, 11) is 0. The van der Waals surface area contributed by atoms with Crippen molar-refractivity contribution >= 4 is 11.3 Å². The molecule has 1 aromatic heterocycles. The molecule has 1 aliphatic rings. The Bertz CT molecular complexity index is 364. The van der Waals surface area contributed by atoms with Crippen LogP contribution < -0.4 is 0 Å².